The van der Waals surface area contributed by atoms with E-state index in [4.69, 9.17) is 4.74 Å². The van der Waals surface area contributed by atoms with Crippen molar-refractivity contribution in [2.24, 2.45) is 11.8 Å². The van der Waals surface area contributed by atoms with Crippen molar-refractivity contribution in [3.63, 3.8) is 0 Å². The first-order chi connectivity index (χ1) is 20.3. The van der Waals surface area contributed by atoms with Gasteiger partial charge < -0.3 is 25.2 Å². The highest BCUT2D eigenvalue weighted by Gasteiger charge is 2.72. The Morgan fingerprint density at radius 1 is 1.02 bits per heavy atom. The van der Waals surface area contributed by atoms with Crippen molar-refractivity contribution in [1.29, 1.82) is 0 Å². The monoisotopic (exact) mass is 570 g/mol. The number of nitrogens with zero attached hydrogens (tertiary/aromatic N) is 2. The number of anilines is 1. The van der Waals surface area contributed by atoms with Gasteiger partial charge in [0, 0.05) is 31.4 Å². The topological polar surface area (TPSA) is 91.0 Å². The van der Waals surface area contributed by atoms with Gasteiger partial charge in [0.2, 0.25) is 17.7 Å². The molecule has 222 valence electrons. The van der Waals surface area contributed by atoms with Crippen LogP contribution in [0.4, 0.5) is 5.69 Å². The summed E-state index contributed by atoms with van der Waals surface area (Å²) in [5.41, 5.74) is 2.95. The van der Waals surface area contributed by atoms with Crippen LogP contribution in [0.2, 0.25) is 0 Å². The summed E-state index contributed by atoms with van der Waals surface area (Å²) in [6, 6.07) is 15.3. The predicted octanol–water partition coefficient (Wildman–Crippen LogP) is 3.97. The smallest absolute Gasteiger partial charge is 0.246 e. The summed E-state index contributed by atoms with van der Waals surface area (Å²) < 4.78 is 6.52. The van der Waals surface area contributed by atoms with Crippen LogP contribution in [0.25, 0.3) is 0 Å². The molecule has 2 bridgehead atoms. The van der Waals surface area contributed by atoms with Gasteiger partial charge in [-0.05, 0) is 62.6 Å². The molecule has 1 saturated carbocycles. The fourth-order valence-electron chi connectivity index (χ4n) is 7.33. The second-order valence-electron chi connectivity index (χ2n) is 12.6. The lowest BCUT2D eigenvalue weighted by Gasteiger charge is -2.34. The minimum absolute atomic E-state index is 0.103. The third-order valence-corrected chi connectivity index (χ3v) is 9.67. The van der Waals surface area contributed by atoms with Gasteiger partial charge in [0.15, 0.2) is 0 Å². The number of carbonyl (C=O) groups excluding carboxylic acids is 3. The lowest BCUT2D eigenvalue weighted by Crippen LogP contribution is -2.57. The van der Waals surface area contributed by atoms with Crippen LogP contribution in [-0.4, -0.2) is 71.4 Å². The van der Waals surface area contributed by atoms with E-state index in [2.05, 4.69) is 27.7 Å². The lowest BCUT2D eigenvalue weighted by atomic mass is 9.74. The minimum Gasteiger partial charge on any atom is -0.359 e. The summed E-state index contributed by atoms with van der Waals surface area (Å²) >= 11 is 0. The molecule has 2 aromatic carbocycles. The maximum absolute atomic E-state index is 14.2. The number of likely N-dealkylation sites (N-methyl/N-ethyl adjacent to an activating group) is 1. The number of rotatable bonds is 9. The standard InChI is InChI=1S/C34H42N4O4/c1-22-14-15-26(20-23(22)2)36-31(39)28-27-16-17-34(42-27)29(28)33(41)38(19-18-37(3)21-24-10-6-4-7-11-24)30(34)32(40)35-25-12-8-5-9-13-25/h4,6-7,10-11,14-17,20,25,27-30H,5,8-9,12-13,18-19,21H2,1-3H3,(H,35,40)(H,36,39)/t27-,28+,29-,30-,34-/m0/s1. The molecule has 1 spiro atoms. The first-order valence-electron chi connectivity index (χ1n) is 15.4. The molecule has 1 aliphatic carbocycles. The van der Waals surface area contributed by atoms with Crippen LogP contribution in [0.15, 0.2) is 60.7 Å². The molecule has 2 N–H and O–H groups in total. The number of nitrogens with one attached hydrogen (secondary N) is 2. The van der Waals surface area contributed by atoms with Gasteiger partial charge in [0.1, 0.15) is 11.6 Å². The van der Waals surface area contributed by atoms with Crippen molar-refractivity contribution in [3.05, 3.63) is 77.4 Å². The van der Waals surface area contributed by atoms with Crippen LogP contribution in [0.1, 0.15) is 48.8 Å². The fraction of sp³-hybridized carbons (Fsp3) is 0.500. The average molecular weight is 571 g/mol. The largest absolute Gasteiger partial charge is 0.359 e. The van der Waals surface area contributed by atoms with Crippen molar-refractivity contribution in [2.45, 2.75) is 76.3 Å². The van der Waals surface area contributed by atoms with E-state index in [1.54, 1.807) is 4.90 Å². The van der Waals surface area contributed by atoms with Crippen LogP contribution in [-0.2, 0) is 25.7 Å². The molecule has 8 nitrogen and oxygen atoms in total. The zero-order valence-electron chi connectivity index (χ0n) is 24.8. The van der Waals surface area contributed by atoms with Gasteiger partial charge in [0.25, 0.3) is 0 Å². The van der Waals surface area contributed by atoms with E-state index >= 15 is 0 Å². The molecule has 3 heterocycles. The fourth-order valence-corrected chi connectivity index (χ4v) is 7.33. The Labute approximate surface area is 248 Å². The molecule has 6 rings (SSSR count). The molecule has 0 unspecified atom stereocenters. The van der Waals surface area contributed by atoms with Crippen LogP contribution < -0.4 is 10.6 Å². The zero-order valence-corrected chi connectivity index (χ0v) is 24.8. The second-order valence-corrected chi connectivity index (χ2v) is 12.6. The summed E-state index contributed by atoms with van der Waals surface area (Å²) in [7, 11) is 2.02. The molecule has 42 heavy (non-hydrogen) atoms. The molecule has 2 saturated heterocycles. The number of carbonyl (C=O) groups is 3. The SMILES string of the molecule is Cc1ccc(NC(=O)[C@@H]2[C@@H]3C=C[C@]4(O3)[C@@H]2C(=O)N(CCN(C)Cc2ccccc2)[C@H]4C(=O)NC2CCCCC2)cc1C. The van der Waals surface area contributed by atoms with Crippen LogP contribution in [0.5, 0.6) is 0 Å². The number of hydrogen-bond donors (Lipinski definition) is 2. The molecule has 3 fully saturated rings. The van der Waals surface area contributed by atoms with Gasteiger partial charge in [-0.25, -0.2) is 0 Å². The number of amides is 3. The first-order valence-corrected chi connectivity index (χ1v) is 15.4. The van der Waals surface area contributed by atoms with Crippen molar-refractivity contribution in [3.8, 4) is 0 Å². The summed E-state index contributed by atoms with van der Waals surface area (Å²) in [5, 5.41) is 6.30. The number of ether oxygens (including phenoxy) is 1. The van der Waals surface area contributed by atoms with Crippen LogP contribution >= 0.6 is 0 Å². The predicted molar refractivity (Wildman–Crippen MR) is 162 cm³/mol. The number of hydrogen-bond acceptors (Lipinski definition) is 5. The Kier molecular flexibility index (Phi) is 7.94. The number of benzene rings is 2. The van der Waals surface area contributed by atoms with E-state index in [1.807, 2.05) is 69.4 Å². The second kappa shape index (κ2) is 11.7. The van der Waals surface area contributed by atoms with Gasteiger partial charge in [-0.15, -0.1) is 0 Å². The number of aryl methyl sites for hydroxylation is 2. The van der Waals surface area contributed by atoms with Crippen LogP contribution in [0, 0.1) is 25.7 Å². The molecule has 0 aromatic heterocycles. The van der Waals surface area contributed by atoms with E-state index in [1.165, 1.54) is 12.0 Å². The maximum atomic E-state index is 14.2. The Morgan fingerprint density at radius 3 is 2.52 bits per heavy atom. The molecule has 2 aromatic rings. The summed E-state index contributed by atoms with van der Waals surface area (Å²) in [5.74, 6) is -2.06. The van der Waals surface area contributed by atoms with Gasteiger partial charge >= 0.3 is 0 Å². The minimum atomic E-state index is -1.15. The Bertz CT molecular complexity index is 1370. The van der Waals surface area contributed by atoms with E-state index in [0.29, 0.717) is 18.8 Å². The Balaban J connectivity index is 1.25. The number of fused-ring (bicyclic) bond motifs is 1. The normalized spacial score (nSPS) is 28.4. The maximum Gasteiger partial charge on any atom is 0.246 e. The lowest BCUT2D eigenvalue weighted by molar-refractivity contribution is -0.141. The first kappa shape index (κ1) is 28.6. The van der Waals surface area contributed by atoms with E-state index in [-0.39, 0.29) is 23.8 Å². The Hall–Kier alpha value is -3.49. The molecular weight excluding hydrogens is 528 g/mol. The van der Waals surface area contributed by atoms with Crippen molar-refractivity contribution >= 4 is 23.4 Å². The summed E-state index contributed by atoms with van der Waals surface area (Å²) in [6.07, 6.45) is 8.49. The Morgan fingerprint density at radius 2 is 1.79 bits per heavy atom. The molecular formula is C34H42N4O4. The van der Waals surface area contributed by atoms with Gasteiger partial charge in [-0.1, -0.05) is 67.8 Å². The van der Waals surface area contributed by atoms with E-state index < -0.39 is 29.6 Å². The highest BCUT2D eigenvalue weighted by atomic mass is 16.5. The molecule has 3 amide bonds. The van der Waals surface area contributed by atoms with Crippen molar-refractivity contribution in [2.75, 3.05) is 25.5 Å². The molecule has 4 aliphatic rings. The molecule has 5 atom stereocenters. The third kappa shape index (κ3) is 5.26. The quantitative estimate of drug-likeness (QED) is 0.446. The van der Waals surface area contributed by atoms with Crippen LogP contribution in [0.3, 0.4) is 0 Å². The van der Waals surface area contributed by atoms with Crippen molar-refractivity contribution < 1.29 is 19.1 Å². The highest BCUT2D eigenvalue weighted by molar-refractivity contribution is 6.02. The molecule has 8 heteroatoms. The highest BCUT2D eigenvalue weighted by Crippen LogP contribution is 2.55. The van der Waals surface area contributed by atoms with E-state index in [9.17, 15) is 14.4 Å². The van der Waals surface area contributed by atoms with Gasteiger partial charge in [0.05, 0.1) is 17.9 Å². The summed E-state index contributed by atoms with van der Waals surface area (Å²) in [4.78, 5) is 45.9. The van der Waals surface area contributed by atoms with Gasteiger partial charge in [-0.2, -0.15) is 0 Å². The van der Waals surface area contributed by atoms with Crippen molar-refractivity contribution in [1.82, 2.24) is 15.1 Å². The average Bonchev–Trinajstić information content (AvgIpc) is 3.62. The van der Waals surface area contributed by atoms with E-state index in [0.717, 1.165) is 43.4 Å². The molecule has 3 aliphatic heterocycles. The summed E-state index contributed by atoms with van der Waals surface area (Å²) in [6.45, 7) is 5.72. The zero-order chi connectivity index (χ0) is 29.4. The molecule has 0 radical (unpaired) electrons. The third-order valence-electron chi connectivity index (χ3n) is 9.67. The number of likely N-dealkylation sites (tertiary alicyclic amines) is 1. The van der Waals surface area contributed by atoms with Gasteiger partial charge in [-0.3, -0.25) is 14.4 Å².